The Hall–Kier alpha value is -0.570. The molecule has 0 fully saturated rings. The summed E-state index contributed by atoms with van der Waals surface area (Å²) in [5.74, 6) is 0. The molecule has 0 aliphatic heterocycles. The van der Waals surface area contributed by atoms with Crippen LogP contribution in [0.5, 0.6) is 0 Å². The average Bonchev–Trinajstić information content (AvgIpc) is 2.23. The van der Waals surface area contributed by atoms with Crippen LogP contribution in [0.1, 0.15) is 24.5 Å². The van der Waals surface area contributed by atoms with E-state index in [0.717, 1.165) is 22.6 Å². The number of ether oxygens (including phenoxy) is 1. The number of aryl methyl sites for hydroxylation is 1. The van der Waals surface area contributed by atoms with Crippen molar-refractivity contribution in [3.05, 3.63) is 34.3 Å². The van der Waals surface area contributed by atoms with Crippen LogP contribution in [0, 0.1) is 6.92 Å². The molecule has 84 valence electrons. The van der Waals surface area contributed by atoms with E-state index in [1.165, 1.54) is 0 Å². The highest BCUT2D eigenvalue weighted by atomic mass is 35.5. The fourth-order valence-corrected chi connectivity index (χ4v) is 1.36. The van der Waals surface area contributed by atoms with Crippen LogP contribution in [0.2, 0.25) is 5.02 Å². The lowest BCUT2D eigenvalue weighted by Crippen LogP contribution is -2.24. The zero-order valence-electron chi connectivity index (χ0n) is 9.29. The van der Waals surface area contributed by atoms with Crippen molar-refractivity contribution in [2.24, 2.45) is 5.73 Å². The Bertz CT molecular complexity index is 314. The van der Waals surface area contributed by atoms with Crippen molar-refractivity contribution < 1.29 is 4.74 Å². The molecule has 2 N–H and O–H groups in total. The third kappa shape index (κ3) is 4.20. The first-order valence-corrected chi connectivity index (χ1v) is 5.59. The number of halogens is 1. The van der Waals surface area contributed by atoms with Gasteiger partial charge in [-0.2, -0.15) is 0 Å². The molecule has 0 spiro atoms. The van der Waals surface area contributed by atoms with Crippen molar-refractivity contribution >= 4 is 11.6 Å². The molecule has 0 amide bonds. The molecule has 0 aromatic heterocycles. The fourth-order valence-electron chi connectivity index (χ4n) is 1.24. The Morgan fingerprint density at radius 1 is 1.47 bits per heavy atom. The zero-order valence-corrected chi connectivity index (χ0v) is 10.1. The van der Waals surface area contributed by atoms with Crippen molar-refractivity contribution in [3.8, 4) is 0 Å². The quantitative estimate of drug-likeness (QED) is 0.840. The van der Waals surface area contributed by atoms with Crippen molar-refractivity contribution in [1.29, 1.82) is 0 Å². The zero-order chi connectivity index (χ0) is 11.3. The van der Waals surface area contributed by atoms with Gasteiger partial charge in [-0.15, -0.1) is 0 Å². The molecule has 1 atom stereocenters. The second-order valence-electron chi connectivity index (χ2n) is 3.77. The number of hydrogen-bond acceptors (Lipinski definition) is 2. The van der Waals surface area contributed by atoms with Gasteiger partial charge >= 0.3 is 0 Å². The summed E-state index contributed by atoms with van der Waals surface area (Å²) in [7, 11) is 0. The molecule has 2 nitrogen and oxygen atoms in total. The molecular weight excluding hydrogens is 210 g/mol. The Labute approximate surface area is 96.4 Å². The van der Waals surface area contributed by atoms with Crippen molar-refractivity contribution in [1.82, 2.24) is 0 Å². The lowest BCUT2D eigenvalue weighted by atomic mass is 10.1. The Kier molecular flexibility index (Phi) is 5.09. The van der Waals surface area contributed by atoms with Gasteiger partial charge in [0.1, 0.15) is 0 Å². The molecule has 1 aromatic rings. The normalized spacial score (nSPS) is 12.8. The number of rotatable bonds is 5. The van der Waals surface area contributed by atoms with Gasteiger partial charge in [0.05, 0.1) is 13.2 Å². The van der Waals surface area contributed by atoms with Gasteiger partial charge in [-0.25, -0.2) is 0 Å². The van der Waals surface area contributed by atoms with E-state index in [4.69, 9.17) is 22.1 Å². The predicted octanol–water partition coefficient (Wildman–Crippen LogP) is 2.90. The van der Waals surface area contributed by atoms with Crippen molar-refractivity contribution in [3.63, 3.8) is 0 Å². The topological polar surface area (TPSA) is 35.2 Å². The number of hydrogen-bond donors (Lipinski definition) is 1. The minimum atomic E-state index is 0.137. The second-order valence-corrected chi connectivity index (χ2v) is 4.17. The molecule has 3 heteroatoms. The van der Waals surface area contributed by atoms with E-state index in [9.17, 15) is 0 Å². The van der Waals surface area contributed by atoms with Crippen molar-refractivity contribution in [2.75, 3.05) is 6.61 Å². The monoisotopic (exact) mass is 227 g/mol. The Balaban J connectivity index is 2.41. The Morgan fingerprint density at radius 2 is 2.20 bits per heavy atom. The summed E-state index contributed by atoms with van der Waals surface area (Å²) >= 11 is 5.93. The van der Waals surface area contributed by atoms with E-state index < -0.39 is 0 Å². The van der Waals surface area contributed by atoms with Crippen LogP contribution in [-0.4, -0.2) is 12.6 Å². The van der Waals surface area contributed by atoms with E-state index in [2.05, 4.69) is 6.92 Å². The first-order chi connectivity index (χ1) is 7.13. The number of nitrogens with two attached hydrogens (primary N) is 1. The molecular formula is C12H18ClNO. The van der Waals surface area contributed by atoms with Crippen molar-refractivity contribution in [2.45, 2.75) is 32.9 Å². The third-order valence-electron chi connectivity index (χ3n) is 2.35. The highest BCUT2D eigenvalue weighted by Gasteiger charge is 2.01. The van der Waals surface area contributed by atoms with Crippen LogP contribution in [-0.2, 0) is 11.3 Å². The lowest BCUT2D eigenvalue weighted by Gasteiger charge is -2.10. The summed E-state index contributed by atoms with van der Waals surface area (Å²) in [5.41, 5.74) is 7.97. The van der Waals surface area contributed by atoms with Gasteiger partial charge in [0.15, 0.2) is 0 Å². The summed E-state index contributed by atoms with van der Waals surface area (Å²) in [6.07, 6.45) is 0.944. The van der Waals surface area contributed by atoms with Crippen LogP contribution in [0.4, 0.5) is 0 Å². The Morgan fingerprint density at radius 3 is 2.80 bits per heavy atom. The van der Waals surface area contributed by atoms with Gasteiger partial charge in [0.2, 0.25) is 0 Å². The predicted molar refractivity (Wildman–Crippen MR) is 64.1 cm³/mol. The summed E-state index contributed by atoms with van der Waals surface area (Å²) in [5, 5.41) is 0.795. The molecule has 0 saturated heterocycles. The molecule has 1 unspecified atom stereocenters. The lowest BCUT2D eigenvalue weighted by molar-refractivity contribution is 0.107. The van der Waals surface area contributed by atoms with Crippen LogP contribution >= 0.6 is 11.6 Å². The van der Waals surface area contributed by atoms with E-state index in [1.807, 2.05) is 25.1 Å². The van der Waals surface area contributed by atoms with Gasteiger partial charge in [-0.3, -0.25) is 0 Å². The maximum Gasteiger partial charge on any atom is 0.0717 e. The third-order valence-corrected chi connectivity index (χ3v) is 2.77. The molecule has 15 heavy (non-hydrogen) atoms. The van der Waals surface area contributed by atoms with E-state index in [0.29, 0.717) is 13.2 Å². The average molecular weight is 228 g/mol. The molecule has 1 aromatic carbocycles. The highest BCUT2D eigenvalue weighted by Crippen LogP contribution is 2.16. The van der Waals surface area contributed by atoms with Crippen LogP contribution in [0.25, 0.3) is 0 Å². The first kappa shape index (κ1) is 12.5. The van der Waals surface area contributed by atoms with Crippen LogP contribution in [0.3, 0.4) is 0 Å². The van der Waals surface area contributed by atoms with Gasteiger partial charge in [0, 0.05) is 11.1 Å². The smallest absolute Gasteiger partial charge is 0.0717 e. The maximum absolute atomic E-state index is 5.93. The van der Waals surface area contributed by atoms with Gasteiger partial charge in [-0.05, 0) is 30.5 Å². The minimum Gasteiger partial charge on any atom is -0.375 e. The molecule has 0 heterocycles. The molecule has 0 bridgehead atoms. The molecule has 0 aliphatic carbocycles. The summed E-state index contributed by atoms with van der Waals surface area (Å²) in [4.78, 5) is 0. The largest absolute Gasteiger partial charge is 0.375 e. The minimum absolute atomic E-state index is 0.137. The molecule has 0 saturated carbocycles. The standard InChI is InChI=1S/C12H18ClNO/c1-3-11(14)8-15-7-10-4-5-12(13)9(2)6-10/h4-6,11H,3,7-8,14H2,1-2H3. The molecule has 0 radical (unpaired) electrons. The van der Waals surface area contributed by atoms with Crippen LogP contribution in [0.15, 0.2) is 18.2 Å². The van der Waals surface area contributed by atoms with Gasteiger partial charge < -0.3 is 10.5 Å². The summed E-state index contributed by atoms with van der Waals surface area (Å²) < 4.78 is 5.50. The SMILES string of the molecule is CCC(N)COCc1ccc(Cl)c(C)c1. The second kappa shape index (κ2) is 6.11. The molecule has 1 rings (SSSR count). The van der Waals surface area contributed by atoms with E-state index >= 15 is 0 Å². The fraction of sp³-hybridized carbons (Fsp3) is 0.500. The summed E-state index contributed by atoms with van der Waals surface area (Å²) in [6, 6.07) is 6.06. The van der Waals surface area contributed by atoms with Gasteiger partial charge in [0.25, 0.3) is 0 Å². The highest BCUT2D eigenvalue weighted by molar-refractivity contribution is 6.31. The summed E-state index contributed by atoms with van der Waals surface area (Å²) in [6.45, 7) is 5.26. The first-order valence-electron chi connectivity index (χ1n) is 5.21. The number of benzene rings is 1. The van der Waals surface area contributed by atoms with E-state index in [1.54, 1.807) is 0 Å². The van der Waals surface area contributed by atoms with Gasteiger partial charge in [-0.1, -0.05) is 30.7 Å². The van der Waals surface area contributed by atoms with Crippen LogP contribution < -0.4 is 5.73 Å². The maximum atomic E-state index is 5.93. The molecule has 0 aliphatic rings. The van der Waals surface area contributed by atoms with E-state index in [-0.39, 0.29) is 6.04 Å².